The van der Waals surface area contributed by atoms with Gasteiger partial charge in [-0.15, -0.1) is 0 Å². The molecule has 0 aliphatic carbocycles. The number of carbonyl (C=O) groups is 1. The molecule has 0 radical (unpaired) electrons. The van der Waals surface area contributed by atoms with E-state index < -0.39 is 19.8 Å². The Bertz CT molecular complexity index is 797. The Morgan fingerprint density at radius 3 is 2.34 bits per heavy atom. The molecule has 1 aromatic carbocycles. The van der Waals surface area contributed by atoms with Crippen molar-refractivity contribution >= 4 is 14.1 Å². The number of carbonyl (C=O) groups excluding carboxylic acids is 1. The number of Topliss-reactive ketones (excluding diaryl/α,β-unsaturated/α-hetero) is 1. The van der Waals surface area contributed by atoms with E-state index in [0.29, 0.717) is 13.2 Å². The molecule has 0 bridgehead atoms. The first-order valence-electron chi connectivity index (χ1n) is 11.0. The topological polar surface area (TPSA) is 65.0 Å². The highest BCUT2D eigenvalue weighted by atomic mass is 28.4. The number of hydrogen-bond acceptors (Lipinski definition) is 5. The minimum Gasteiger partial charge on any atom is -0.504 e. The molecule has 2 unspecified atom stereocenters. The van der Waals surface area contributed by atoms with Gasteiger partial charge in [-0.1, -0.05) is 57.0 Å². The van der Waals surface area contributed by atoms with Gasteiger partial charge in [-0.05, 0) is 43.5 Å². The van der Waals surface area contributed by atoms with Gasteiger partial charge in [0, 0.05) is 12.5 Å². The summed E-state index contributed by atoms with van der Waals surface area (Å²) < 4.78 is 17.3. The Labute approximate surface area is 195 Å². The van der Waals surface area contributed by atoms with Gasteiger partial charge in [-0.3, -0.25) is 4.79 Å². The lowest BCUT2D eigenvalue weighted by Gasteiger charge is -2.40. The highest BCUT2D eigenvalue weighted by Gasteiger charge is 2.42. The van der Waals surface area contributed by atoms with Crippen LogP contribution in [0.4, 0.5) is 0 Å². The highest BCUT2D eigenvalue weighted by Crippen LogP contribution is 2.38. The third-order valence-corrected chi connectivity index (χ3v) is 10.6. The van der Waals surface area contributed by atoms with Crippen molar-refractivity contribution in [3.05, 3.63) is 48.2 Å². The van der Waals surface area contributed by atoms with Crippen LogP contribution in [0.1, 0.15) is 46.6 Å². The summed E-state index contributed by atoms with van der Waals surface area (Å²) >= 11 is 0. The molecule has 0 heterocycles. The first-order valence-corrected chi connectivity index (χ1v) is 13.9. The van der Waals surface area contributed by atoms with E-state index in [0.717, 1.165) is 5.56 Å². The van der Waals surface area contributed by atoms with Crippen molar-refractivity contribution in [1.29, 1.82) is 0 Å². The minimum atomic E-state index is -2.11. The molecule has 0 aliphatic rings. The maximum atomic E-state index is 12.6. The SMILES string of the molecule is CO/C=C/C#CC(=O)C(C)(C)C(O)CC(COCc1ccccc1)O[Si](C)(C)C(C)(C)C. The molecular formula is C26H40O5Si. The fourth-order valence-corrected chi connectivity index (χ4v) is 4.04. The van der Waals surface area contributed by atoms with Gasteiger partial charge in [-0.25, -0.2) is 0 Å². The maximum Gasteiger partial charge on any atom is 0.213 e. The Morgan fingerprint density at radius 1 is 1.16 bits per heavy atom. The number of aliphatic hydroxyl groups excluding tert-OH is 1. The van der Waals surface area contributed by atoms with Crippen LogP contribution in [0.2, 0.25) is 18.1 Å². The zero-order valence-corrected chi connectivity index (χ0v) is 21.9. The average molecular weight is 461 g/mol. The van der Waals surface area contributed by atoms with Crippen LogP contribution in [-0.4, -0.2) is 45.1 Å². The number of ketones is 1. The molecule has 0 fully saturated rings. The number of allylic oxidation sites excluding steroid dienone is 1. The zero-order valence-electron chi connectivity index (χ0n) is 20.9. The summed E-state index contributed by atoms with van der Waals surface area (Å²) in [5.41, 5.74) is 0.0385. The summed E-state index contributed by atoms with van der Waals surface area (Å²) in [5.74, 6) is 4.88. The Morgan fingerprint density at radius 2 is 1.78 bits per heavy atom. The van der Waals surface area contributed by atoms with Gasteiger partial charge in [-0.2, -0.15) is 0 Å². The molecule has 0 saturated heterocycles. The fraction of sp³-hybridized carbons (Fsp3) is 0.577. The Balaban J connectivity index is 2.92. The molecule has 0 amide bonds. The summed E-state index contributed by atoms with van der Waals surface area (Å²) in [6.45, 7) is 15.1. The summed E-state index contributed by atoms with van der Waals surface area (Å²) in [6.07, 6.45) is 1.89. The smallest absolute Gasteiger partial charge is 0.213 e. The van der Waals surface area contributed by atoms with Crippen LogP contribution in [0, 0.1) is 17.3 Å². The van der Waals surface area contributed by atoms with Crippen LogP contribution in [-0.2, 0) is 25.3 Å². The van der Waals surface area contributed by atoms with Crippen molar-refractivity contribution in [2.45, 2.75) is 78.0 Å². The molecule has 0 aliphatic heterocycles. The third-order valence-electron chi connectivity index (χ3n) is 6.06. The van der Waals surface area contributed by atoms with Crippen molar-refractivity contribution in [1.82, 2.24) is 0 Å². The molecule has 1 N–H and O–H groups in total. The van der Waals surface area contributed by atoms with Gasteiger partial charge in [0.1, 0.15) is 0 Å². The van der Waals surface area contributed by atoms with Gasteiger partial charge in [0.05, 0.1) is 44.2 Å². The molecule has 5 nitrogen and oxygen atoms in total. The summed E-state index contributed by atoms with van der Waals surface area (Å²) in [4.78, 5) is 12.6. The fourth-order valence-electron chi connectivity index (χ4n) is 2.69. The first kappa shape index (κ1) is 28.1. The molecule has 0 aromatic heterocycles. The van der Waals surface area contributed by atoms with E-state index in [-0.39, 0.29) is 23.3 Å². The van der Waals surface area contributed by atoms with Crippen molar-refractivity contribution in [3.8, 4) is 11.8 Å². The van der Waals surface area contributed by atoms with E-state index in [1.807, 2.05) is 30.3 Å². The zero-order chi connectivity index (χ0) is 24.4. The highest BCUT2D eigenvalue weighted by molar-refractivity contribution is 6.74. The van der Waals surface area contributed by atoms with Crippen LogP contribution < -0.4 is 0 Å². The second kappa shape index (κ2) is 12.4. The second-order valence-electron chi connectivity index (χ2n) is 10.1. The number of rotatable bonds is 11. The molecule has 1 rings (SSSR count). The molecule has 2 atom stereocenters. The summed E-state index contributed by atoms with van der Waals surface area (Å²) in [5, 5.41) is 11.0. The van der Waals surface area contributed by atoms with E-state index in [1.165, 1.54) is 19.4 Å². The van der Waals surface area contributed by atoms with E-state index >= 15 is 0 Å². The number of ether oxygens (including phenoxy) is 2. The largest absolute Gasteiger partial charge is 0.504 e. The standard InChI is InChI=1S/C26H40O5Si/c1-25(2,3)32(7,8)31-22(20-30-19-21-14-10-9-11-15-21)18-24(28)26(4,5)23(27)16-12-13-17-29-6/h9-11,13-15,17,22,24,28H,18-20H2,1-8H3/b17-13+. The van der Waals surface area contributed by atoms with Crippen molar-refractivity contribution in [2.75, 3.05) is 13.7 Å². The van der Waals surface area contributed by atoms with Gasteiger partial charge in [0.25, 0.3) is 0 Å². The first-order chi connectivity index (χ1) is 14.8. The van der Waals surface area contributed by atoms with E-state index in [4.69, 9.17) is 13.9 Å². The lowest BCUT2D eigenvalue weighted by atomic mass is 9.80. The van der Waals surface area contributed by atoms with Gasteiger partial charge < -0.3 is 19.0 Å². The molecule has 178 valence electrons. The van der Waals surface area contributed by atoms with Crippen LogP contribution in [0.25, 0.3) is 0 Å². The Kier molecular flexibility index (Phi) is 10.9. The number of benzene rings is 1. The number of aliphatic hydroxyl groups is 1. The van der Waals surface area contributed by atoms with Crippen LogP contribution in [0.15, 0.2) is 42.7 Å². The average Bonchev–Trinajstić information content (AvgIpc) is 2.70. The number of methoxy groups -OCH3 is 1. The lowest BCUT2D eigenvalue weighted by Crippen LogP contribution is -2.47. The van der Waals surface area contributed by atoms with Crippen LogP contribution in [0.5, 0.6) is 0 Å². The van der Waals surface area contributed by atoms with Gasteiger partial charge in [0.2, 0.25) is 5.78 Å². The summed E-state index contributed by atoms with van der Waals surface area (Å²) in [6, 6.07) is 9.94. The second-order valence-corrected chi connectivity index (χ2v) is 14.9. The van der Waals surface area contributed by atoms with Crippen LogP contribution >= 0.6 is 0 Å². The van der Waals surface area contributed by atoms with E-state index in [9.17, 15) is 9.90 Å². The molecule has 0 saturated carbocycles. The van der Waals surface area contributed by atoms with E-state index in [2.05, 4.69) is 45.7 Å². The van der Waals surface area contributed by atoms with Crippen molar-refractivity contribution in [3.63, 3.8) is 0 Å². The third kappa shape index (κ3) is 8.91. The predicted molar refractivity (Wildman–Crippen MR) is 132 cm³/mol. The van der Waals surface area contributed by atoms with Gasteiger partial charge >= 0.3 is 0 Å². The normalized spacial score (nSPS) is 14.5. The molecular weight excluding hydrogens is 420 g/mol. The van der Waals surface area contributed by atoms with Gasteiger partial charge in [0.15, 0.2) is 8.32 Å². The number of hydrogen-bond donors (Lipinski definition) is 1. The summed E-state index contributed by atoms with van der Waals surface area (Å²) in [7, 11) is -0.598. The minimum absolute atomic E-state index is 0.0140. The van der Waals surface area contributed by atoms with E-state index in [1.54, 1.807) is 13.8 Å². The van der Waals surface area contributed by atoms with Crippen molar-refractivity contribution in [2.24, 2.45) is 5.41 Å². The molecule has 0 spiro atoms. The predicted octanol–water partition coefficient (Wildman–Crippen LogP) is 5.10. The molecule has 6 heteroatoms. The maximum absolute atomic E-state index is 12.6. The monoisotopic (exact) mass is 460 g/mol. The Hall–Kier alpha value is -1.91. The van der Waals surface area contributed by atoms with Crippen LogP contribution in [0.3, 0.4) is 0 Å². The molecule has 1 aromatic rings. The lowest BCUT2D eigenvalue weighted by molar-refractivity contribution is -0.128. The van der Waals surface area contributed by atoms with Crippen molar-refractivity contribution < 1.29 is 23.8 Å². The quantitative estimate of drug-likeness (QED) is 0.215. The molecule has 32 heavy (non-hydrogen) atoms.